The minimum Gasteiger partial charge on any atom is -0.310 e. The summed E-state index contributed by atoms with van der Waals surface area (Å²) in [4.78, 5) is 4.73. The average molecular weight is 573 g/mol. The Morgan fingerprint density at radius 3 is 1.00 bits per heavy atom. The number of rotatable bonds is 7. The number of hydrogen-bond donors (Lipinski definition) is 0. The smallest absolute Gasteiger partial charge is 0.0490 e. The maximum Gasteiger partial charge on any atom is 0.0490 e. The van der Waals surface area contributed by atoms with Crippen LogP contribution in [-0.4, -0.2) is 0 Å². The molecule has 0 atom stereocenters. The highest BCUT2D eigenvalue weighted by molar-refractivity contribution is 5.84. The molecule has 6 aromatic carbocycles. The predicted molar refractivity (Wildman–Crippen MR) is 190 cm³/mol. The number of para-hydroxylation sites is 2. The quantitative estimate of drug-likeness (QED) is 0.188. The first kappa shape index (κ1) is 29.0. The molecule has 0 amide bonds. The molecule has 218 valence electrons. The van der Waals surface area contributed by atoms with Crippen LogP contribution in [0.5, 0.6) is 0 Å². The van der Waals surface area contributed by atoms with Crippen LogP contribution in [0.25, 0.3) is 11.1 Å². The van der Waals surface area contributed by atoms with E-state index in [1.54, 1.807) is 0 Å². The molecular weight excluding hydrogens is 532 g/mol. The molecule has 0 aliphatic rings. The first-order chi connectivity index (χ1) is 21.3. The van der Waals surface area contributed by atoms with E-state index in [0.29, 0.717) is 0 Å². The van der Waals surface area contributed by atoms with Gasteiger partial charge in [0.15, 0.2) is 0 Å². The summed E-state index contributed by atoms with van der Waals surface area (Å²) in [6.07, 6.45) is 0. The summed E-state index contributed by atoms with van der Waals surface area (Å²) in [7, 11) is 0. The molecule has 0 fully saturated rings. The maximum absolute atomic E-state index is 2.36. The van der Waals surface area contributed by atoms with Gasteiger partial charge in [0.1, 0.15) is 0 Å². The van der Waals surface area contributed by atoms with Crippen molar-refractivity contribution in [1.82, 2.24) is 0 Å². The average Bonchev–Trinajstić information content (AvgIpc) is 3.02. The van der Waals surface area contributed by atoms with Gasteiger partial charge in [-0.2, -0.15) is 0 Å². The van der Waals surface area contributed by atoms with Crippen molar-refractivity contribution in [1.29, 1.82) is 0 Å². The Kier molecular flexibility index (Phi) is 8.09. The van der Waals surface area contributed by atoms with Crippen molar-refractivity contribution in [3.8, 4) is 11.1 Å². The summed E-state index contributed by atoms with van der Waals surface area (Å²) in [5.74, 6) is 0. The molecule has 6 aromatic rings. The molecule has 6 rings (SSSR count). The lowest BCUT2D eigenvalue weighted by Gasteiger charge is -2.28. The highest BCUT2D eigenvalue weighted by Gasteiger charge is 2.18. The van der Waals surface area contributed by atoms with Crippen LogP contribution >= 0.6 is 0 Å². The van der Waals surface area contributed by atoms with Gasteiger partial charge in [0.2, 0.25) is 0 Å². The van der Waals surface area contributed by atoms with Gasteiger partial charge < -0.3 is 9.80 Å². The van der Waals surface area contributed by atoms with Crippen LogP contribution < -0.4 is 9.80 Å². The normalized spacial score (nSPS) is 11.0. The molecule has 0 unspecified atom stereocenters. The molecule has 0 aliphatic heterocycles. The molecule has 0 saturated carbocycles. The summed E-state index contributed by atoms with van der Waals surface area (Å²) >= 11 is 0. The van der Waals surface area contributed by atoms with Crippen LogP contribution in [0.1, 0.15) is 33.4 Å². The maximum atomic E-state index is 2.36. The number of anilines is 6. The molecule has 2 nitrogen and oxygen atoms in total. The lowest BCUT2D eigenvalue weighted by atomic mass is 9.95. The van der Waals surface area contributed by atoms with Gasteiger partial charge in [-0.1, -0.05) is 83.9 Å². The molecule has 0 radical (unpaired) electrons. The van der Waals surface area contributed by atoms with Crippen molar-refractivity contribution in [2.45, 2.75) is 41.5 Å². The van der Waals surface area contributed by atoms with Crippen LogP contribution in [0.3, 0.4) is 0 Å². The zero-order valence-electron chi connectivity index (χ0n) is 26.6. The third kappa shape index (κ3) is 5.76. The van der Waals surface area contributed by atoms with Gasteiger partial charge >= 0.3 is 0 Å². The largest absolute Gasteiger partial charge is 0.310 e. The second-order valence-electron chi connectivity index (χ2n) is 11.9. The molecule has 0 saturated heterocycles. The van der Waals surface area contributed by atoms with E-state index in [4.69, 9.17) is 0 Å². The first-order valence-corrected chi connectivity index (χ1v) is 15.4. The Morgan fingerprint density at radius 1 is 0.318 bits per heavy atom. The van der Waals surface area contributed by atoms with Gasteiger partial charge in [-0.15, -0.1) is 0 Å². The zero-order chi connectivity index (χ0) is 30.8. The lowest BCUT2D eigenvalue weighted by molar-refractivity contribution is 1.23. The standard InChI is InChI=1S/C42H40N2/c1-29-15-19-35(20-16-29)43(41-13-9-7-11-31(41)3)37-23-25-39(33(5)27-37)40-26-24-38(28-34(40)6)44(36-21-17-30(2)18-22-36)42-14-10-8-12-32(42)4/h7-28H,1-6H3. The molecule has 44 heavy (non-hydrogen) atoms. The van der Waals surface area contributed by atoms with Gasteiger partial charge in [-0.05, 0) is 136 Å². The van der Waals surface area contributed by atoms with E-state index < -0.39 is 0 Å². The highest BCUT2D eigenvalue weighted by atomic mass is 15.1. The Bertz CT molecular complexity index is 1770. The van der Waals surface area contributed by atoms with Gasteiger partial charge in [-0.25, -0.2) is 0 Å². The van der Waals surface area contributed by atoms with Gasteiger partial charge in [0, 0.05) is 34.1 Å². The molecule has 0 N–H and O–H groups in total. The molecule has 0 heterocycles. The fourth-order valence-electron chi connectivity index (χ4n) is 6.05. The van der Waals surface area contributed by atoms with E-state index in [0.717, 1.165) is 22.7 Å². The Hall–Kier alpha value is -5.08. The summed E-state index contributed by atoms with van der Waals surface area (Å²) in [6, 6.07) is 48.5. The van der Waals surface area contributed by atoms with Gasteiger partial charge in [0.05, 0.1) is 0 Å². The summed E-state index contributed by atoms with van der Waals surface area (Å²) in [5.41, 5.74) is 17.0. The molecular formula is C42H40N2. The summed E-state index contributed by atoms with van der Waals surface area (Å²) in [5, 5.41) is 0. The van der Waals surface area contributed by atoms with E-state index in [1.807, 2.05) is 0 Å². The van der Waals surface area contributed by atoms with Crippen LogP contribution in [0, 0.1) is 41.5 Å². The van der Waals surface area contributed by atoms with Crippen molar-refractivity contribution in [2.24, 2.45) is 0 Å². The molecule has 2 heteroatoms. The van der Waals surface area contributed by atoms with Crippen LogP contribution in [0.2, 0.25) is 0 Å². The van der Waals surface area contributed by atoms with Gasteiger partial charge in [-0.3, -0.25) is 0 Å². The Balaban J connectivity index is 1.40. The minimum absolute atomic E-state index is 1.16. The first-order valence-electron chi connectivity index (χ1n) is 15.4. The van der Waals surface area contributed by atoms with Gasteiger partial charge in [0.25, 0.3) is 0 Å². The number of nitrogens with zero attached hydrogens (tertiary/aromatic N) is 2. The van der Waals surface area contributed by atoms with E-state index in [2.05, 4.69) is 185 Å². The second-order valence-corrected chi connectivity index (χ2v) is 11.9. The minimum atomic E-state index is 1.16. The van der Waals surface area contributed by atoms with Crippen molar-refractivity contribution in [2.75, 3.05) is 9.80 Å². The van der Waals surface area contributed by atoms with E-state index in [-0.39, 0.29) is 0 Å². The topological polar surface area (TPSA) is 6.48 Å². The fourth-order valence-corrected chi connectivity index (χ4v) is 6.05. The second kappa shape index (κ2) is 12.3. The Labute approximate surface area is 262 Å². The zero-order valence-corrected chi connectivity index (χ0v) is 26.6. The summed E-state index contributed by atoms with van der Waals surface area (Å²) < 4.78 is 0. The van der Waals surface area contributed by atoms with Crippen LogP contribution in [0.4, 0.5) is 34.1 Å². The Morgan fingerprint density at radius 2 is 0.659 bits per heavy atom. The molecule has 0 bridgehead atoms. The highest BCUT2D eigenvalue weighted by Crippen LogP contribution is 2.41. The molecule has 0 aromatic heterocycles. The van der Waals surface area contributed by atoms with Crippen LogP contribution in [-0.2, 0) is 0 Å². The third-order valence-electron chi connectivity index (χ3n) is 8.52. The van der Waals surface area contributed by atoms with Crippen molar-refractivity contribution < 1.29 is 0 Å². The van der Waals surface area contributed by atoms with Crippen molar-refractivity contribution in [3.63, 3.8) is 0 Å². The monoisotopic (exact) mass is 572 g/mol. The molecule has 0 spiro atoms. The van der Waals surface area contributed by atoms with Crippen molar-refractivity contribution in [3.05, 3.63) is 167 Å². The number of hydrogen-bond acceptors (Lipinski definition) is 2. The number of benzene rings is 6. The fraction of sp³-hybridized carbons (Fsp3) is 0.143. The summed E-state index contributed by atoms with van der Waals surface area (Å²) in [6.45, 7) is 13.1. The third-order valence-corrected chi connectivity index (χ3v) is 8.52. The van der Waals surface area contributed by atoms with E-state index in [9.17, 15) is 0 Å². The van der Waals surface area contributed by atoms with E-state index >= 15 is 0 Å². The number of aryl methyl sites for hydroxylation is 6. The van der Waals surface area contributed by atoms with Crippen LogP contribution in [0.15, 0.2) is 133 Å². The van der Waals surface area contributed by atoms with E-state index in [1.165, 1.54) is 55.9 Å². The van der Waals surface area contributed by atoms with Crippen molar-refractivity contribution >= 4 is 34.1 Å². The SMILES string of the molecule is Cc1ccc(N(c2ccc(-c3ccc(N(c4ccc(C)cc4)c4ccccc4C)cc3C)c(C)c2)c2ccccc2C)cc1. The molecule has 0 aliphatic carbocycles. The predicted octanol–water partition coefficient (Wildman–Crippen LogP) is 12.1. The lowest BCUT2D eigenvalue weighted by Crippen LogP contribution is -2.12.